The number of carbonyl (C=O) groups excluding carboxylic acids is 3. The summed E-state index contributed by atoms with van der Waals surface area (Å²) in [4.78, 5) is 41.9. The Balaban J connectivity index is 2.49. The van der Waals surface area contributed by atoms with Crippen LogP contribution in [0.15, 0.2) is 48.5 Å². The number of hydrogen-bond acceptors (Lipinski definition) is 5. The van der Waals surface area contributed by atoms with E-state index in [9.17, 15) is 14.4 Å². The van der Waals surface area contributed by atoms with Gasteiger partial charge in [-0.25, -0.2) is 4.79 Å². The fourth-order valence-corrected chi connectivity index (χ4v) is 3.95. The van der Waals surface area contributed by atoms with Crippen LogP contribution in [-0.2, 0) is 14.3 Å². The first-order valence-electron chi connectivity index (χ1n) is 12.6. The minimum atomic E-state index is -0.934. The van der Waals surface area contributed by atoms with Crippen LogP contribution < -0.4 is 15.4 Å². The number of hydrogen-bond donors (Lipinski definition) is 2. The first-order valence-corrected chi connectivity index (χ1v) is 12.6. The Hall–Kier alpha value is -3.55. The third-order valence-corrected chi connectivity index (χ3v) is 5.66. The molecule has 0 spiro atoms. The molecule has 0 radical (unpaired) electrons. The van der Waals surface area contributed by atoms with Gasteiger partial charge >= 0.3 is 6.09 Å². The summed E-state index contributed by atoms with van der Waals surface area (Å²) in [6, 6.07) is 12.3. The van der Waals surface area contributed by atoms with E-state index >= 15 is 0 Å². The molecule has 202 valence electrons. The molecule has 0 aliphatic carbocycles. The number of ether oxygens (including phenoxy) is 2. The van der Waals surface area contributed by atoms with Crippen LogP contribution in [-0.4, -0.2) is 47.6 Å². The lowest BCUT2D eigenvalue weighted by Gasteiger charge is -2.38. The zero-order valence-electron chi connectivity index (χ0n) is 23.4. The summed E-state index contributed by atoms with van der Waals surface area (Å²) in [5, 5.41) is 5.67. The maximum atomic E-state index is 14.0. The number of aryl methyl sites for hydroxylation is 1. The summed E-state index contributed by atoms with van der Waals surface area (Å²) in [5.41, 5.74) is 1.50. The van der Waals surface area contributed by atoms with Gasteiger partial charge in [0.1, 0.15) is 23.4 Å². The predicted octanol–water partition coefficient (Wildman–Crippen LogP) is 5.47. The molecule has 8 heteroatoms. The second kappa shape index (κ2) is 12.6. The van der Waals surface area contributed by atoms with Crippen LogP contribution in [0.3, 0.4) is 0 Å². The van der Waals surface area contributed by atoms with Crippen LogP contribution in [0.1, 0.15) is 65.6 Å². The molecule has 37 heavy (non-hydrogen) atoms. The number of carbonyl (C=O) groups is 3. The molecule has 2 rings (SSSR count). The second-order valence-corrected chi connectivity index (χ2v) is 10.7. The largest absolute Gasteiger partial charge is 0.497 e. The highest BCUT2D eigenvalue weighted by Gasteiger charge is 2.39. The van der Waals surface area contributed by atoms with Gasteiger partial charge in [-0.05, 0) is 77.3 Å². The molecule has 0 aliphatic rings. The molecule has 2 aromatic rings. The van der Waals surface area contributed by atoms with Crippen molar-refractivity contribution in [2.45, 2.75) is 79.1 Å². The van der Waals surface area contributed by atoms with Crippen molar-refractivity contribution in [3.63, 3.8) is 0 Å². The predicted molar refractivity (Wildman–Crippen MR) is 146 cm³/mol. The fourth-order valence-electron chi connectivity index (χ4n) is 3.95. The number of amides is 3. The number of nitrogens with zero attached hydrogens (tertiary/aromatic N) is 1. The maximum absolute atomic E-state index is 14.0. The molecule has 2 unspecified atom stereocenters. The molecule has 0 aliphatic heterocycles. The van der Waals surface area contributed by atoms with Gasteiger partial charge < -0.3 is 25.0 Å². The van der Waals surface area contributed by atoms with E-state index in [1.807, 2.05) is 58.9 Å². The van der Waals surface area contributed by atoms with Crippen molar-refractivity contribution in [2.24, 2.45) is 5.92 Å². The summed E-state index contributed by atoms with van der Waals surface area (Å²) in [6.07, 6.45) is -0.682. The zero-order valence-corrected chi connectivity index (χ0v) is 23.4. The van der Waals surface area contributed by atoms with Crippen molar-refractivity contribution in [1.29, 1.82) is 0 Å². The zero-order chi connectivity index (χ0) is 27.9. The van der Waals surface area contributed by atoms with E-state index in [0.717, 1.165) is 5.56 Å². The van der Waals surface area contributed by atoms with E-state index < -0.39 is 23.8 Å². The van der Waals surface area contributed by atoms with Crippen molar-refractivity contribution in [1.82, 2.24) is 10.2 Å². The molecule has 3 amide bonds. The summed E-state index contributed by atoms with van der Waals surface area (Å²) in [7, 11) is 1.57. The Bertz CT molecular complexity index is 1070. The van der Waals surface area contributed by atoms with Crippen LogP contribution in [0.25, 0.3) is 0 Å². The van der Waals surface area contributed by atoms with Crippen LogP contribution in [0.2, 0.25) is 0 Å². The number of alkyl carbamates (subject to hydrolysis) is 1. The van der Waals surface area contributed by atoms with Crippen LogP contribution in [0.5, 0.6) is 5.75 Å². The van der Waals surface area contributed by atoms with Gasteiger partial charge in [-0.15, -0.1) is 0 Å². The average Bonchev–Trinajstić information content (AvgIpc) is 2.79. The highest BCUT2D eigenvalue weighted by molar-refractivity contribution is 5.99. The molecular weight excluding hydrogens is 470 g/mol. The third kappa shape index (κ3) is 8.51. The van der Waals surface area contributed by atoms with Crippen LogP contribution in [0.4, 0.5) is 10.5 Å². The lowest BCUT2D eigenvalue weighted by molar-refractivity contribution is -0.143. The summed E-state index contributed by atoms with van der Waals surface area (Å²) < 4.78 is 10.6. The summed E-state index contributed by atoms with van der Waals surface area (Å²) >= 11 is 0. The molecule has 0 aromatic heterocycles. The quantitative estimate of drug-likeness (QED) is 0.465. The van der Waals surface area contributed by atoms with Crippen molar-refractivity contribution >= 4 is 23.6 Å². The lowest BCUT2D eigenvalue weighted by Crippen LogP contribution is -2.56. The summed E-state index contributed by atoms with van der Waals surface area (Å²) in [6.45, 7) is 14.6. The van der Waals surface area contributed by atoms with E-state index in [1.165, 1.54) is 4.90 Å². The van der Waals surface area contributed by atoms with Gasteiger partial charge in [0, 0.05) is 11.7 Å². The van der Waals surface area contributed by atoms with Crippen LogP contribution >= 0.6 is 0 Å². The lowest BCUT2D eigenvalue weighted by atomic mass is 9.96. The van der Waals surface area contributed by atoms with Gasteiger partial charge in [-0.2, -0.15) is 0 Å². The first-order chi connectivity index (χ1) is 17.2. The van der Waals surface area contributed by atoms with Crippen molar-refractivity contribution in [2.75, 3.05) is 12.4 Å². The molecule has 0 saturated heterocycles. The smallest absolute Gasteiger partial charge is 0.408 e. The van der Waals surface area contributed by atoms with Gasteiger partial charge in [-0.3, -0.25) is 9.59 Å². The summed E-state index contributed by atoms with van der Waals surface area (Å²) in [5.74, 6) is -0.311. The first kappa shape index (κ1) is 29.7. The number of rotatable bonds is 9. The Morgan fingerprint density at radius 3 is 2.05 bits per heavy atom. The molecular formula is C29H41N3O5. The standard InChI is InChI=1S/C29H41N3O5/c1-18(2)24(31-28(35)37-29(6,7)8)27(34)32(19(3)4)25(21-12-10-11-20(5)17-21)26(33)30-22-13-15-23(36-9)16-14-22/h10-19,24-25H,1-9H3,(H,30,33)(H,31,35). The Morgan fingerprint density at radius 2 is 1.57 bits per heavy atom. The van der Waals surface area contributed by atoms with Crippen molar-refractivity contribution in [3.05, 3.63) is 59.7 Å². The fraction of sp³-hybridized carbons (Fsp3) is 0.483. The number of nitrogens with one attached hydrogen (secondary N) is 2. The average molecular weight is 512 g/mol. The molecule has 2 atom stereocenters. The Morgan fingerprint density at radius 1 is 0.946 bits per heavy atom. The minimum Gasteiger partial charge on any atom is -0.497 e. The highest BCUT2D eigenvalue weighted by atomic mass is 16.6. The maximum Gasteiger partial charge on any atom is 0.408 e. The molecule has 0 fully saturated rings. The van der Waals surface area contributed by atoms with Gasteiger partial charge in [0.05, 0.1) is 7.11 Å². The molecule has 8 nitrogen and oxygen atoms in total. The van der Waals surface area contributed by atoms with Gasteiger partial charge in [-0.1, -0.05) is 43.7 Å². The van der Waals surface area contributed by atoms with Crippen LogP contribution in [0, 0.1) is 12.8 Å². The van der Waals surface area contributed by atoms with E-state index in [4.69, 9.17) is 9.47 Å². The minimum absolute atomic E-state index is 0.246. The van der Waals surface area contributed by atoms with Gasteiger partial charge in [0.25, 0.3) is 5.91 Å². The molecule has 0 heterocycles. The Labute approximate surface area is 220 Å². The molecule has 2 N–H and O–H groups in total. The monoisotopic (exact) mass is 511 g/mol. The van der Waals surface area contributed by atoms with E-state index in [1.54, 1.807) is 52.1 Å². The molecule has 0 bridgehead atoms. The van der Waals surface area contributed by atoms with Gasteiger partial charge in [0.2, 0.25) is 5.91 Å². The van der Waals surface area contributed by atoms with Crippen molar-refractivity contribution in [3.8, 4) is 5.75 Å². The van der Waals surface area contributed by atoms with E-state index in [-0.39, 0.29) is 23.8 Å². The normalized spacial score (nSPS) is 13.1. The molecule has 2 aromatic carbocycles. The number of benzene rings is 2. The van der Waals surface area contributed by atoms with Crippen molar-refractivity contribution < 1.29 is 23.9 Å². The van der Waals surface area contributed by atoms with E-state index in [0.29, 0.717) is 17.0 Å². The van der Waals surface area contributed by atoms with Gasteiger partial charge in [0.15, 0.2) is 0 Å². The topological polar surface area (TPSA) is 97.0 Å². The number of anilines is 1. The molecule has 0 saturated carbocycles. The second-order valence-electron chi connectivity index (χ2n) is 10.7. The third-order valence-electron chi connectivity index (χ3n) is 5.66. The Kier molecular flexibility index (Phi) is 10.1. The number of methoxy groups -OCH3 is 1. The highest BCUT2D eigenvalue weighted by Crippen LogP contribution is 2.28. The SMILES string of the molecule is COc1ccc(NC(=O)C(c2cccc(C)c2)N(C(=O)C(NC(=O)OC(C)(C)C)C(C)C)C(C)C)cc1. The van der Waals surface area contributed by atoms with E-state index in [2.05, 4.69) is 10.6 Å².